The average Bonchev–Trinajstić information content (AvgIpc) is 2.95. The van der Waals surface area contributed by atoms with Crippen molar-refractivity contribution in [2.45, 2.75) is 29.2 Å². The van der Waals surface area contributed by atoms with Crippen LogP contribution in [0.25, 0.3) is 0 Å². The number of esters is 1. The number of anilines is 1. The number of fused-ring (bicyclic) bond motifs is 1. The standard InChI is InChI=1S/C17H17BrN2O6S2/c1-10-7-11-8-13(27(19,22)23)4-5-15(11)20(10)28(24,25)16-6-3-12(18)9-14(16)17(21)26-2/h3-6,8-10H,7H2,1-2H3,(H2,19,22,23). The third kappa shape index (κ3) is 3.54. The zero-order valence-corrected chi connectivity index (χ0v) is 18.1. The summed E-state index contributed by atoms with van der Waals surface area (Å²) < 4.78 is 56.4. The first-order valence-corrected chi connectivity index (χ1v) is 11.8. The first-order chi connectivity index (χ1) is 13.0. The minimum absolute atomic E-state index is 0.0865. The van der Waals surface area contributed by atoms with Crippen LogP contribution < -0.4 is 9.44 Å². The third-order valence-corrected chi connectivity index (χ3v) is 7.81. The molecular formula is C17H17BrN2O6S2. The first kappa shape index (κ1) is 20.8. The van der Waals surface area contributed by atoms with Crippen molar-refractivity contribution < 1.29 is 26.4 Å². The molecule has 1 unspecified atom stereocenters. The predicted molar refractivity (Wildman–Crippen MR) is 106 cm³/mol. The summed E-state index contributed by atoms with van der Waals surface area (Å²) in [4.78, 5) is 11.8. The minimum atomic E-state index is -4.12. The zero-order chi connectivity index (χ0) is 20.9. The highest BCUT2D eigenvalue weighted by Gasteiger charge is 2.38. The smallest absolute Gasteiger partial charge is 0.339 e. The lowest BCUT2D eigenvalue weighted by Gasteiger charge is -2.25. The van der Waals surface area contributed by atoms with Gasteiger partial charge in [0.15, 0.2) is 0 Å². The van der Waals surface area contributed by atoms with E-state index in [2.05, 4.69) is 15.9 Å². The summed E-state index contributed by atoms with van der Waals surface area (Å²) in [6, 6.07) is 7.79. The van der Waals surface area contributed by atoms with Crippen molar-refractivity contribution in [2.24, 2.45) is 5.14 Å². The van der Waals surface area contributed by atoms with E-state index >= 15 is 0 Å². The number of methoxy groups -OCH3 is 1. The number of rotatable bonds is 4. The van der Waals surface area contributed by atoms with E-state index in [9.17, 15) is 21.6 Å². The topological polar surface area (TPSA) is 124 Å². The van der Waals surface area contributed by atoms with Crippen LogP contribution >= 0.6 is 15.9 Å². The van der Waals surface area contributed by atoms with Crippen LogP contribution in [-0.2, 0) is 31.2 Å². The number of benzene rings is 2. The van der Waals surface area contributed by atoms with Crippen LogP contribution in [0.4, 0.5) is 5.69 Å². The predicted octanol–water partition coefficient (Wildman–Crippen LogP) is 2.02. The largest absolute Gasteiger partial charge is 0.465 e. The molecule has 1 aliphatic heterocycles. The fraction of sp³-hybridized carbons (Fsp3) is 0.235. The van der Waals surface area contributed by atoms with Gasteiger partial charge in [-0.2, -0.15) is 0 Å². The lowest BCUT2D eigenvalue weighted by Crippen LogP contribution is -2.36. The van der Waals surface area contributed by atoms with Crippen molar-refractivity contribution in [3.63, 3.8) is 0 Å². The summed E-state index contributed by atoms with van der Waals surface area (Å²) in [6.45, 7) is 1.70. The van der Waals surface area contributed by atoms with Crippen molar-refractivity contribution in [2.75, 3.05) is 11.4 Å². The summed E-state index contributed by atoms with van der Waals surface area (Å²) in [6.07, 6.45) is 0.308. The quantitative estimate of drug-likeness (QED) is 0.656. The number of hydrogen-bond acceptors (Lipinski definition) is 6. The highest BCUT2D eigenvalue weighted by molar-refractivity contribution is 9.10. The maximum atomic E-state index is 13.4. The summed E-state index contributed by atoms with van der Waals surface area (Å²) in [7, 11) is -6.86. The Morgan fingerprint density at radius 2 is 1.86 bits per heavy atom. The Balaban J connectivity index is 2.17. The van der Waals surface area contributed by atoms with Gasteiger partial charge in [-0.25, -0.2) is 26.8 Å². The molecule has 1 aliphatic rings. The van der Waals surface area contributed by atoms with E-state index in [0.717, 1.165) is 0 Å². The lowest BCUT2D eigenvalue weighted by molar-refractivity contribution is 0.0596. The maximum Gasteiger partial charge on any atom is 0.339 e. The average molecular weight is 489 g/mol. The summed E-state index contributed by atoms with van der Waals surface area (Å²) >= 11 is 3.22. The number of hydrogen-bond donors (Lipinski definition) is 1. The normalized spacial score (nSPS) is 16.7. The lowest BCUT2D eigenvalue weighted by atomic mass is 10.1. The van der Waals surface area contributed by atoms with Crippen LogP contribution in [0.3, 0.4) is 0 Å². The Labute approximate surface area is 171 Å². The molecule has 0 spiro atoms. The maximum absolute atomic E-state index is 13.4. The van der Waals surface area contributed by atoms with Crippen LogP contribution in [0.2, 0.25) is 0 Å². The molecule has 1 heterocycles. The number of carbonyl (C=O) groups is 1. The van der Waals surface area contributed by atoms with Crippen LogP contribution in [-0.4, -0.2) is 36.0 Å². The SMILES string of the molecule is COC(=O)c1cc(Br)ccc1S(=O)(=O)N1c2ccc(S(N)(=O)=O)cc2CC1C. The fourth-order valence-electron chi connectivity index (χ4n) is 3.22. The van der Waals surface area contributed by atoms with E-state index in [1.54, 1.807) is 6.92 Å². The number of ether oxygens (including phenoxy) is 1. The first-order valence-electron chi connectivity index (χ1n) is 8.05. The Morgan fingerprint density at radius 3 is 2.46 bits per heavy atom. The molecule has 2 aromatic carbocycles. The van der Waals surface area contributed by atoms with Gasteiger partial charge in [0, 0.05) is 10.5 Å². The van der Waals surface area contributed by atoms with Crippen LogP contribution in [0, 0.1) is 0 Å². The Bertz CT molecular complexity index is 1180. The Morgan fingerprint density at radius 1 is 1.18 bits per heavy atom. The van der Waals surface area contributed by atoms with Gasteiger partial charge in [0.2, 0.25) is 10.0 Å². The molecule has 0 saturated heterocycles. The van der Waals surface area contributed by atoms with Crippen molar-refractivity contribution in [1.29, 1.82) is 0 Å². The minimum Gasteiger partial charge on any atom is -0.465 e. The summed E-state index contributed by atoms with van der Waals surface area (Å²) in [5.74, 6) is -0.781. The van der Waals surface area contributed by atoms with Gasteiger partial charge in [-0.05, 0) is 55.3 Å². The van der Waals surface area contributed by atoms with Crippen molar-refractivity contribution in [1.82, 2.24) is 0 Å². The number of sulfonamides is 2. The second-order valence-corrected chi connectivity index (χ2v) is 10.6. The van der Waals surface area contributed by atoms with E-state index in [0.29, 0.717) is 22.1 Å². The monoisotopic (exact) mass is 488 g/mol. The van der Waals surface area contributed by atoms with E-state index in [-0.39, 0.29) is 15.4 Å². The van der Waals surface area contributed by atoms with E-state index in [4.69, 9.17) is 9.88 Å². The number of carbonyl (C=O) groups excluding carboxylic acids is 1. The molecular weight excluding hydrogens is 472 g/mol. The highest BCUT2D eigenvalue weighted by atomic mass is 79.9. The van der Waals surface area contributed by atoms with Gasteiger partial charge in [0.1, 0.15) is 4.90 Å². The van der Waals surface area contributed by atoms with Gasteiger partial charge in [-0.1, -0.05) is 15.9 Å². The Kier molecular flexibility index (Phi) is 5.30. The molecule has 2 N–H and O–H groups in total. The van der Waals surface area contributed by atoms with Gasteiger partial charge in [0.25, 0.3) is 10.0 Å². The summed E-state index contributed by atoms with van der Waals surface area (Å²) in [5, 5.41) is 5.16. The summed E-state index contributed by atoms with van der Waals surface area (Å²) in [5.41, 5.74) is 0.789. The van der Waals surface area contributed by atoms with Gasteiger partial charge >= 0.3 is 5.97 Å². The number of primary sulfonamides is 1. The molecule has 0 aliphatic carbocycles. The van der Waals surface area contributed by atoms with Gasteiger partial charge in [-0.3, -0.25) is 4.31 Å². The van der Waals surface area contributed by atoms with Gasteiger partial charge < -0.3 is 4.74 Å². The molecule has 0 amide bonds. The number of halogens is 1. The Hall–Kier alpha value is -1.95. The second-order valence-electron chi connectivity index (χ2n) is 6.32. The van der Waals surface area contributed by atoms with Crippen LogP contribution in [0.15, 0.2) is 50.7 Å². The molecule has 3 rings (SSSR count). The van der Waals surface area contributed by atoms with Crippen LogP contribution in [0.1, 0.15) is 22.8 Å². The molecule has 8 nitrogen and oxygen atoms in total. The fourth-order valence-corrected chi connectivity index (χ4v) is 6.01. The van der Waals surface area contributed by atoms with E-state index < -0.39 is 32.1 Å². The molecule has 0 bridgehead atoms. The van der Waals surface area contributed by atoms with E-state index in [1.807, 2.05) is 0 Å². The number of nitrogens with zero attached hydrogens (tertiary/aromatic N) is 1. The molecule has 1 atom stereocenters. The van der Waals surface area contributed by atoms with E-state index in [1.165, 1.54) is 47.8 Å². The molecule has 28 heavy (non-hydrogen) atoms. The second kappa shape index (κ2) is 7.14. The van der Waals surface area contributed by atoms with Crippen LogP contribution in [0.5, 0.6) is 0 Å². The van der Waals surface area contributed by atoms with Crippen molar-refractivity contribution in [3.8, 4) is 0 Å². The molecule has 2 aromatic rings. The molecule has 150 valence electrons. The third-order valence-electron chi connectivity index (χ3n) is 4.42. The van der Waals surface area contributed by atoms with Crippen molar-refractivity contribution in [3.05, 3.63) is 52.0 Å². The van der Waals surface area contributed by atoms with Crippen molar-refractivity contribution >= 4 is 47.6 Å². The van der Waals surface area contributed by atoms with Gasteiger partial charge in [-0.15, -0.1) is 0 Å². The molecule has 0 saturated carbocycles. The van der Waals surface area contributed by atoms with Gasteiger partial charge in [0.05, 0.1) is 23.3 Å². The number of nitrogens with two attached hydrogens (primary N) is 1. The molecule has 0 fully saturated rings. The molecule has 0 aromatic heterocycles. The highest BCUT2D eigenvalue weighted by Crippen LogP contribution is 2.38. The zero-order valence-electron chi connectivity index (χ0n) is 14.9. The molecule has 0 radical (unpaired) electrons. The molecule has 11 heteroatoms.